The van der Waals surface area contributed by atoms with E-state index in [0.717, 1.165) is 49.1 Å². The molecule has 0 bridgehead atoms. The molecular formula is C63H60N2O. The molecule has 0 aliphatic heterocycles. The number of benzene rings is 4. The van der Waals surface area contributed by atoms with Crippen molar-refractivity contribution >= 4 is 11.4 Å². The summed E-state index contributed by atoms with van der Waals surface area (Å²) in [6.45, 7) is 8.58. The number of aliphatic hydroxyl groups is 1. The number of para-hydroxylation sites is 2. The normalized spacial score (nSPS) is 26.5. The van der Waals surface area contributed by atoms with Gasteiger partial charge in [0.25, 0.3) is 0 Å². The quantitative estimate of drug-likeness (QED) is 0.114. The van der Waals surface area contributed by atoms with Gasteiger partial charge in [0.15, 0.2) is 0 Å². The van der Waals surface area contributed by atoms with Crippen molar-refractivity contribution in [3.8, 4) is 0 Å². The summed E-state index contributed by atoms with van der Waals surface area (Å²) in [6.07, 6.45) is 48.7. The molecule has 1 N–H and O–H groups in total. The molecule has 0 fully saturated rings. The predicted molar refractivity (Wildman–Crippen MR) is 276 cm³/mol. The first-order valence-electron chi connectivity index (χ1n) is 23.9. The zero-order valence-electron chi connectivity index (χ0n) is 38.3. The molecule has 0 aromatic heterocycles. The van der Waals surface area contributed by atoms with Crippen LogP contribution in [-0.2, 0) is 5.41 Å². The van der Waals surface area contributed by atoms with Crippen LogP contribution in [0.2, 0.25) is 0 Å². The van der Waals surface area contributed by atoms with Crippen LogP contribution >= 0.6 is 0 Å². The van der Waals surface area contributed by atoms with Crippen molar-refractivity contribution in [1.29, 1.82) is 0 Å². The number of hydrogen-bond donors (Lipinski definition) is 1. The highest BCUT2D eigenvalue weighted by Crippen LogP contribution is 2.61. The number of rotatable bonds is 12. The first-order valence-corrected chi connectivity index (χ1v) is 23.9. The van der Waals surface area contributed by atoms with Crippen LogP contribution in [0, 0.1) is 11.8 Å². The number of allylic oxidation sites excluding steroid dienone is 20. The Balaban J connectivity index is 1.03. The molecule has 0 amide bonds. The van der Waals surface area contributed by atoms with Crippen molar-refractivity contribution in [1.82, 2.24) is 4.90 Å². The molecule has 3 nitrogen and oxygen atoms in total. The summed E-state index contributed by atoms with van der Waals surface area (Å²) in [5.74, 6) is 0.941. The van der Waals surface area contributed by atoms with E-state index in [4.69, 9.17) is 0 Å². The van der Waals surface area contributed by atoms with E-state index in [1.54, 1.807) is 6.92 Å². The van der Waals surface area contributed by atoms with Gasteiger partial charge in [0.1, 0.15) is 0 Å². The third-order valence-corrected chi connectivity index (χ3v) is 14.6. The van der Waals surface area contributed by atoms with Gasteiger partial charge in [-0.15, -0.1) is 0 Å². The lowest BCUT2D eigenvalue weighted by Gasteiger charge is -2.44. The molecule has 4 aromatic carbocycles. The molecule has 0 radical (unpaired) electrons. The molecule has 328 valence electrons. The molecule has 0 spiro atoms. The van der Waals surface area contributed by atoms with Gasteiger partial charge in [0.05, 0.1) is 16.7 Å². The number of nitrogens with zero attached hydrogens (tertiary/aromatic N) is 2. The smallest absolute Gasteiger partial charge is 0.0891 e. The van der Waals surface area contributed by atoms with Crippen molar-refractivity contribution in [2.75, 3.05) is 4.90 Å². The lowest BCUT2D eigenvalue weighted by molar-refractivity contribution is 0.259. The average Bonchev–Trinajstić information content (AvgIpc) is 3.65. The molecule has 0 saturated carbocycles. The molecule has 6 atom stereocenters. The molecule has 10 rings (SSSR count). The highest BCUT2D eigenvalue weighted by molar-refractivity contribution is 5.71. The molecule has 3 heteroatoms. The fraction of sp³-hybridized carbons (Fsp3) is 0.206. The molecule has 66 heavy (non-hydrogen) atoms. The molecule has 0 heterocycles. The van der Waals surface area contributed by atoms with E-state index >= 15 is 0 Å². The van der Waals surface area contributed by atoms with Crippen molar-refractivity contribution in [2.45, 2.75) is 68.7 Å². The summed E-state index contributed by atoms with van der Waals surface area (Å²) >= 11 is 0. The Morgan fingerprint density at radius 3 is 2.00 bits per heavy atom. The fourth-order valence-corrected chi connectivity index (χ4v) is 11.4. The zero-order chi connectivity index (χ0) is 45.1. The Kier molecular flexibility index (Phi) is 11.9. The summed E-state index contributed by atoms with van der Waals surface area (Å²) in [5, 5.41) is 10.6. The van der Waals surface area contributed by atoms with Crippen molar-refractivity contribution in [3.63, 3.8) is 0 Å². The minimum Gasteiger partial charge on any atom is -0.513 e. The molecule has 0 saturated heterocycles. The fourth-order valence-electron chi connectivity index (χ4n) is 11.4. The summed E-state index contributed by atoms with van der Waals surface area (Å²) in [4.78, 5) is 4.90. The molecule has 6 unspecified atom stereocenters. The maximum absolute atomic E-state index is 10.6. The van der Waals surface area contributed by atoms with Crippen LogP contribution in [0.5, 0.6) is 0 Å². The van der Waals surface area contributed by atoms with Gasteiger partial charge in [0.2, 0.25) is 0 Å². The van der Waals surface area contributed by atoms with Crippen LogP contribution < -0.4 is 4.90 Å². The second kappa shape index (κ2) is 18.4. The molecule has 6 aliphatic rings. The maximum atomic E-state index is 10.6. The largest absolute Gasteiger partial charge is 0.513 e. The maximum Gasteiger partial charge on any atom is 0.0891 e. The topological polar surface area (TPSA) is 26.7 Å². The van der Waals surface area contributed by atoms with Gasteiger partial charge >= 0.3 is 0 Å². The monoisotopic (exact) mass is 860 g/mol. The Morgan fingerprint density at radius 2 is 1.38 bits per heavy atom. The number of aliphatic hydroxyl groups excluding tert-OH is 1. The van der Waals surface area contributed by atoms with Crippen LogP contribution in [0.4, 0.5) is 11.4 Å². The van der Waals surface area contributed by atoms with Crippen molar-refractivity contribution in [2.24, 2.45) is 11.8 Å². The van der Waals surface area contributed by atoms with Crippen molar-refractivity contribution < 1.29 is 5.11 Å². The summed E-state index contributed by atoms with van der Waals surface area (Å²) in [6, 6.07) is 39.6. The second-order valence-corrected chi connectivity index (χ2v) is 18.7. The van der Waals surface area contributed by atoms with E-state index in [1.165, 1.54) is 44.9 Å². The van der Waals surface area contributed by atoms with Gasteiger partial charge in [-0.25, -0.2) is 0 Å². The Labute approximate surface area is 392 Å². The van der Waals surface area contributed by atoms with Gasteiger partial charge < -0.3 is 14.9 Å². The Morgan fingerprint density at radius 1 is 0.697 bits per heavy atom. The van der Waals surface area contributed by atoms with E-state index in [1.807, 2.05) is 12.2 Å². The first kappa shape index (κ1) is 42.8. The van der Waals surface area contributed by atoms with Gasteiger partial charge in [0, 0.05) is 52.1 Å². The number of hydrogen-bond acceptors (Lipinski definition) is 3. The molecular weight excluding hydrogens is 801 g/mol. The lowest BCUT2D eigenvalue weighted by Crippen LogP contribution is -2.43. The van der Waals surface area contributed by atoms with Crippen LogP contribution in [-0.4, -0.2) is 15.5 Å². The Hall–Kier alpha value is -7.10. The van der Waals surface area contributed by atoms with Gasteiger partial charge in [-0.05, 0) is 128 Å². The minimum absolute atomic E-state index is 0.0721. The lowest BCUT2D eigenvalue weighted by atomic mass is 9.61. The molecule has 6 aliphatic carbocycles. The van der Waals surface area contributed by atoms with Gasteiger partial charge in [-0.3, -0.25) is 0 Å². The van der Waals surface area contributed by atoms with E-state index in [0.29, 0.717) is 0 Å². The average molecular weight is 861 g/mol. The first-order chi connectivity index (χ1) is 32.4. The highest BCUT2D eigenvalue weighted by atomic mass is 16.3. The van der Waals surface area contributed by atoms with Gasteiger partial charge in [-0.1, -0.05) is 183 Å². The predicted octanol–water partition coefficient (Wildman–Crippen LogP) is 15.8. The summed E-state index contributed by atoms with van der Waals surface area (Å²) < 4.78 is 0. The SMILES string of the molecule is C=C/C(=C\C=C(/C)O)C1(c2ccccc2)c2cc(C3C=CC(N(C4=CCCC=C4)C4(C)C=CC=CC4)=CC3)ccc2C2C=CC(C3C=CC(N(c4ccccc4)c4ccccc4)=CC3)=CC21. The van der Waals surface area contributed by atoms with Crippen LogP contribution in [0.15, 0.2) is 265 Å². The third kappa shape index (κ3) is 7.91. The van der Waals surface area contributed by atoms with E-state index < -0.39 is 5.41 Å². The van der Waals surface area contributed by atoms with Crippen LogP contribution in [0.3, 0.4) is 0 Å². The molecule has 4 aromatic rings. The summed E-state index contributed by atoms with van der Waals surface area (Å²) in [5.41, 5.74) is 12.9. The van der Waals surface area contributed by atoms with Crippen molar-refractivity contribution in [3.05, 3.63) is 287 Å². The minimum atomic E-state index is -0.566. The number of anilines is 2. The second-order valence-electron chi connectivity index (χ2n) is 18.7. The number of fused-ring (bicyclic) bond motifs is 3. The van der Waals surface area contributed by atoms with E-state index in [-0.39, 0.29) is 35.0 Å². The third-order valence-electron chi connectivity index (χ3n) is 14.6. The van der Waals surface area contributed by atoms with Crippen LogP contribution in [0.25, 0.3) is 0 Å². The zero-order valence-corrected chi connectivity index (χ0v) is 38.3. The summed E-state index contributed by atoms with van der Waals surface area (Å²) in [7, 11) is 0. The van der Waals surface area contributed by atoms with E-state index in [2.05, 4.69) is 236 Å². The van der Waals surface area contributed by atoms with Crippen LogP contribution in [0.1, 0.15) is 80.0 Å². The Bertz CT molecular complexity index is 2810. The van der Waals surface area contributed by atoms with E-state index in [9.17, 15) is 5.11 Å². The van der Waals surface area contributed by atoms with Gasteiger partial charge in [-0.2, -0.15) is 0 Å². The highest BCUT2D eigenvalue weighted by Gasteiger charge is 2.54. The standard InChI is InChI=1S/C63H60N2O/c1-4-51(35-28-46(2)66)63(52-20-10-5-11-21-52)60-44-49(47-29-36-55(37-30-47)64(53-22-12-6-13-23-53)54-24-14-7-15-25-54)33-40-58(60)59-41-34-50(45-61(59)63)48-31-38-57(39-32-48)65(56-26-16-8-17-27-56)62(3)42-18-9-19-43-62/h4-7,9-16,18-29,31,33-42,44-45,47-48,58,60,66H,1,8,17,30,32,43H2,2-3H3/b46-28+,51-35+.